The Morgan fingerprint density at radius 3 is 2.84 bits per heavy atom. The van der Waals surface area contributed by atoms with Crippen LogP contribution in [0, 0.1) is 11.8 Å². The summed E-state index contributed by atoms with van der Waals surface area (Å²) in [6.07, 6.45) is 5.48. The first-order valence-corrected chi connectivity index (χ1v) is 7.76. The second-order valence-electron chi connectivity index (χ2n) is 4.71. The van der Waals surface area contributed by atoms with Crippen molar-refractivity contribution < 1.29 is 9.84 Å². The van der Waals surface area contributed by atoms with E-state index < -0.39 is 0 Å². The summed E-state index contributed by atoms with van der Waals surface area (Å²) in [6.45, 7) is -0.121. The third kappa shape index (κ3) is 4.19. The smallest absolute Gasteiger partial charge is 0.134 e. The molecular formula is C16H20O2S. The van der Waals surface area contributed by atoms with Crippen molar-refractivity contribution >= 4 is 11.8 Å². The Bertz CT molecular complexity index is 467. The highest BCUT2D eigenvalue weighted by molar-refractivity contribution is 7.99. The molecule has 0 aliphatic heterocycles. The lowest BCUT2D eigenvalue weighted by molar-refractivity contribution is 0.350. The van der Waals surface area contributed by atoms with Crippen LogP contribution in [0.3, 0.4) is 0 Å². The predicted octanol–water partition coefficient (Wildman–Crippen LogP) is 3.21. The zero-order valence-electron chi connectivity index (χ0n) is 11.3. The number of hydrogen-bond acceptors (Lipinski definition) is 3. The molecule has 1 saturated carbocycles. The molecule has 0 heterocycles. The molecule has 0 atom stereocenters. The van der Waals surface area contributed by atoms with Gasteiger partial charge in [0.15, 0.2) is 0 Å². The van der Waals surface area contributed by atoms with E-state index in [0.29, 0.717) is 0 Å². The predicted molar refractivity (Wildman–Crippen MR) is 80.5 cm³/mol. The maximum atomic E-state index is 8.79. The van der Waals surface area contributed by atoms with E-state index in [1.54, 1.807) is 7.11 Å². The van der Waals surface area contributed by atoms with E-state index in [4.69, 9.17) is 9.84 Å². The number of methoxy groups -OCH3 is 1. The zero-order chi connectivity index (χ0) is 13.5. The standard InChI is InChI=1S/C16H20O2S/c1-18-16-9-8-13(11-14(16)5-4-10-17)12-19-15-6-2-3-7-15/h8-9,11,15,17H,2-3,6-7,10,12H2,1H3. The lowest BCUT2D eigenvalue weighted by atomic mass is 10.1. The van der Waals surface area contributed by atoms with Gasteiger partial charge in [0.25, 0.3) is 0 Å². The second kappa shape index (κ2) is 7.47. The molecule has 0 bridgehead atoms. The number of benzene rings is 1. The number of rotatable bonds is 4. The maximum absolute atomic E-state index is 8.79. The molecule has 1 aliphatic rings. The van der Waals surface area contributed by atoms with Crippen molar-refractivity contribution in [3.63, 3.8) is 0 Å². The number of aliphatic hydroxyl groups is 1. The lowest BCUT2D eigenvalue weighted by Gasteiger charge is -2.10. The van der Waals surface area contributed by atoms with E-state index in [0.717, 1.165) is 22.3 Å². The molecule has 2 rings (SSSR count). The summed E-state index contributed by atoms with van der Waals surface area (Å²) in [5.74, 6) is 7.43. The summed E-state index contributed by atoms with van der Waals surface area (Å²) in [5, 5.41) is 9.62. The normalized spacial score (nSPS) is 15.1. The minimum absolute atomic E-state index is 0.121. The molecule has 0 saturated heterocycles. The Labute approximate surface area is 119 Å². The van der Waals surface area contributed by atoms with Crippen LogP contribution in [0.15, 0.2) is 18.2 Å². The molecule has 3 heteroatoms. The van der Waals surface area contributed by atoms with E-state index >= 15 is 0 Å². The summed E-state index contributed by atoms with van der Waals surface area (Å²) < 4.78 is 5.28. The van der Waals surface area contributed by atoms with E-state index in [1.165, 1.54) is 31.2 Å². The van der Waals surface area contributed by atoms with Crippen molar-refractivity contribution in [3.05, 3.63) is 29.3 Å². The molecule has 1 fully saturated rings. The monoisotopic (exact) mass is 276 g/mol. The van der Waals surface area contributed by atoms with Crippen molar-refractivity contribution in [2.45, 2.75) is 36.7 Å². The quantitative estimate of drug-likeness (QED) is 0.856. The Hall–Kier alpha value is -1.11. The van der Waals surface area contributed by atoms with Crippen LogP contribution < -0.4 is 4.74 Å². The Kier molecular flexibility index (Phi) is 5.62. The van der Waals surface area contributed by atoms with Crippen molar-refractivity contribution in [2.75, 3.05) is 13.7 Å². The second-order valence-corrected chi connectivity index (χ2v) is 6.00. The van der Waals surface area contributed by atoms with Crippen LogP contribution in [0.4, 0.5) is 0 Å². The van der Waals surface area contributed by atoms with Gasteiger partial charge in [-0.15, -0.1) is 0 Å². The maximum Gasteiger partial charge on any atom is 0.134 e. The molecule has 0 radical (unpaired) electrons. The molecule has 1 aromatic rings. The number of ether oxygens (including phenoxy) is 1. The Balaban J connectivity index is 2.03. The fraction of sp³-hybridized carbons (Fsp3) is 0.500. The number of hydrogen-bond donors (Lipinski definition) is 1. The molecule has 1 N–H and O–H groups in total. The Morgan fingerprint density at radius 1 is 1.37 bits per heavy atom. The number of thioether (sulfide) groups is 1. The van der Waals surface area contributed by atoms with Crippen molar-refractivity contribution in [2.24, 2.45) is 0 Å². The molecular weight excluding hydrogens is 256 g/mol. The molecule has 0 unspecified atom stereocenters. The first-order chi connectivity index (χ1) is 9.33. The van der Waals surface area contributed by atoms with Crippen LogP contribution in [-0.4, -0.2) is 24.1 Å². The molecule has 0 amide bonds. The fourth-order valence-electron chi connectivity index (χ4n) is 2.35. The van der Waals surface area contributed by atoms with Crippen LogP contribution >= 0.6 is 11.8 Å². The fourth-order valence-corrected chi connectivity index (χ4v) is 3.62. The average Bonchev–Trinajstić information content (AvgIpc) is 2.96. The van der Waals surface area contributed by atoms with Crippen LogP contribution in [0.2, 0.25) is 0 Å². The number of aliphatic hydroxyl groups excluding tert-OH is 1. The van der Waals surface area contributed by atoms with Crippen molar-refractivity contribution in [3.8, 4) is 17.6 Å². The van der Waals surface area contributed by atoms with Gasteiger partial charge in [-0.1, -0.05) is 30.7 Å². The van der Waals surface area contributed by atoms with Gasteiger partial charge in [-0.3, -0.25) is 0 Å². The van der Waals surface area contributed by atoms with Gasteiger partial charge in [-0.05, 0) is 30.5 Å². The lowest BCUT2D eigenvalue weighted by Crippen LogP contribution is -1.96. The van der Waals surface area contributed by atoms with Crippen LogP contribution in [0.25, 0.3) is 0 Å². The topological polar surface area (TPSA) is 29.5 Å². The summed E-state index contributed by atoms with van der Waals surface area (Å²) in [7, 11) is 1.65. The third-order valence-corrected chi connectivity index (χ3v) is 4.80. The molecule has 1 aromatic carbocycles. The summed E-state index contributed by atoms with van der Waals surface area (Å²) in [5.41, 5.74) is 2.14. The zero-order valence-corrected chi connectivity index (χ0v) is 12.1. The van der Waals surface area contributed by atoms with Gasteiger partial charge in [-0.25, -0.2) is 0 Å². The molecule has 1 aliphatic carbocycles. The molecule has 0 aromatic heterocycles. The molecule has 2 nitrogen and oxygen atoms in total. The van der Waals surface area contributed by atoms with E-state index in [2.05, 4.69) is 24.0 Å². The third-order valence-electron chi connectivity index (χ3n) is 3.35. The SMILES string of the molecule is COc1ccc(CSC2CCCC2)cc1C#CCO. The Morgan fingerprint density at radius 2 is 2.16 bits per heavy atom. The first kappa shape index (κ1) is 14.3. The van der Waals surface area contributed by atoms with Gasteiger partial charge >= 0.3 is 0 Å². The minimum atomic E-state index is -0.121. The van der Waals surface area contributed by atoms with Crippen molar-refractivity contribution in [1.82, 2.24) is 0 Å². The molecule has 102 valence electrons. The highest BCUT2D eigenvalue weighted by atomic mass is 32.2. The van der Waals surface area contributed by atoms with Gasteiger partial charge in [0.05, 0.1) is 12.7 Å². The largest absolute Gasteiger partial charge is 0.495 e. The highest BCUT2D eigenvalue weighted by Gasteiger charge is 2.15. The summed E-state index contributed by atoms with van der Waals surface area (Å²) in [6, 6.07) is 6.14. The van der Waals surface area contributed by atoms with E-state index in [1.807, 2.05) is 17.8 Å². The van der Waals surface area contributed by atoms with Gasteiger partial charge in [-0.2, -0.15) is 11.8 Å². The minimum Gasteiger partial charge on any atom is -0.495 e. The van der Waals surface area contributed by atoms with Crippen LogP contribution in [0.5, 0.6) is 5.75 Å². The molecule has 19 heavy (non-hydrogen) atoms. The summed E-state index contributed by atoms with van der Waals surface area (Å²) >= 11 is 2.04. The van der Waals surface area contributed by atoms with Gasteiger partial charge in [0.1, 0.15) is 12.4 Å². The highest BCUT2D eigenvalue weighted by Crippen LogP contribution is 2.32. The van der Waals surface area contributed by atoms with Gasteiger partial charge in [0, 0.05) is 11.0 Å². The van der Waals surface area contributed by atoms with E-state index in [9.17, 15) is 0 Å². The van der Waals surface area contributed by atoms with Crippen LogP contribution in [-0.2, 0) is 5.75 Å². The first-order valence-electron chi connectivity index (χ1n) is 6.71. The summed E-state index contributed by atoms with van der Waals surface area (Å²) in [4.78, 5) is 0. The average molecular weight is 276 g/mol. The molecule has 0 spiro atoms. The van der Waals surface area contributed by atoms with Gasteiger partial charge in [0.2, 0.25) is 0 Å². The van der Waals surface area contributed by atoms with Crippen LogP contribution in [0.1, 0.15) is 36.8 Å². The van der Waals surface area contributed by atoms with E-state index in [-0.39, 0.29) is 6.61 Å². The van der Waals surface area contributed by atoms with Crippen molar-refractivity contribution in [1.29, 1.82) is 0 Å². The van der Waals surface area contributed by atoms with Gasteiger partial charge < -0.3 is 9.84 Å².